The number of carboxylic acids is 1. The van der Waals surface area contributed by atoms with Gasteiger partial charge in [-0.15, -0.1) is 0 Å². The van der Waals surface area contributed by atoms with E-state index in [0.29, 0.717) is 6.42 Å². The zero-order valence-corrected chi connectivity index (χ0v) is 11.0. The van der Waals surface area contributed by atoms with Crippen molar-refractivity contribution in [1.82, 2.24) is 10.2 Å². The maximum absolute atomic E-state index is 12.2. The Morgan fingerprint density at radius 1 is 1.32 bits per heavy atom. The summed E-state index contributed by atoms with van der Waals surface area (Å²) in [4.78, 5) is 47.1. The Kier molecular flexibility index (Phi) is 4.42. The van der Waals surface area contributed by atoms with Crippen LogP contribution in [0.25, 0.3) is 0 Å². The van der Waals surface area contributed by atoms with E-state index in [2.05, 4.69) is 5.32 Å². The van der Waals surface area contributed by atoms with Gasteiger partial charge in [0.1, 0.15) is 12.6 Å². The van der Waals surface area contributed by atoms with Gasteiger partial charge in [-0.25, -0.2) is 4.79 Å². The molecule has 1 unspecified atom stereocenters. The number of imide groups is 1. The monoisotopic (exact) mass is 268 g/mol. The van der Waals surface area contributed by atoms with Crippen molar-refractivity contribution < 1.29 is 24.3 Å². The molecular formula is C12H16N2O5. The van der Waals surface area contributed by atoms with Crippen LogP contribution in [0.1, 0.15) is 27.2 Å². The van der Waals surface area contributed by atoms with Gasteiger partial charge in [0, 0.05) is 11.1 Å². The summed E-state index contributed by atoms with van der Waals surface area (Å²) in [7, 11) is 0. The van der Waals surface area contributed by atoms with Crippen LogP contribution in [-0.2, 0) is 19.2 Å². The van der Waals surface area contributed by atoms with E-state index in [9.17, 15) is 19.2 Å². The van der Waals surface area contributed by atoms with E-state index in [4.69, 9.17) is 5.11 Å². The molecule has 1 heterocycles. The highest BCUT2D eigenvalue weighted by Crippen LogP contribution is 2.15. The maximum Gasteiger partial charge on any atom is 0.331 e. The van der Waals surface area contributed by atoms with Crippen LogP contribution in [-0.4, -0.2) is 46.3 Å². The highest BCUT2D eigenvalue weighted by atomic mass is 16.4. The molecule has 0 aromatic carbocycles. The minimum atomic E-state index is -1.20. The van der Waals surface area contributed by atoms with Crippen molar-refractivity contribution >= 4 is 23.7 Å². The number of amides is 3. The molecule has 0 spiro atoms. The first-order valence-electron chi connectivity index (χ1n) is 5.85. The van der Waals surface area contributed by atoms with Gasteiger partial charge in [0.2, 0.25) is 11.8 Å². The lowest BCUT2D eigenvalue weighted by atomic mass is 10.1. The predicted octanol–water partition coefficient (Wildman–Crippen LogP) is -0.329. The number of hydrogen-bond acceptors (Lipinski definition) is 4. The van der Waals surface area contributed by atoms with Crippen LogP contribution in [0.15, 0.2) is 11.1 Å². The number of nitrogens with one attached hydrogen (secondary N) is 1. The van der Waals surface area contributed by atoms with Crippen LogP contribution in [0.2, 0.25) is 0 Å². The maximum atomic E-state index is 12.2. The standard InChI is InChI=1S/C12H16N2O5/c1-4-8-10(16)13-9(15)5-14(8)11(17)6(2)7(3)12(18)19/h8H,4-5H2,1-3H3,(H,18,19)(H,13,15,16). The lowest BCUT2D eigenvalue weighted by Gasteiger charge is -2.33. The van der Waals surface area contributed by atoms with E-state index in [-0.39, 0.29) is 17.7 Å². The summed E-state index contributed by atoms with van der Waals surface area (Å²) >= 11 is 0. The molecule has 2 N–H and O–H groups in total. The topological polar surface area (TPSA) is 104 Å². The summed E-state index contributed by atoms with van der Waals surface area (Å²) in [5.41, 5.74) is -0.0771. The van der Waals surface area contributed by atoms with Gasteiger partial charge in [-0.2, -0.15) is 0 Å². The molecule has 104 valence electrons. The molecule has 0 radical (unpaired) electrons. The van der Waals surface area contributed by atoms with Crippen molar-refractivity contribution in [1.29, 1.82) is 0 Å². The smallest absolute Gasteiger partial charge is 0.331 e. The Morgan fingerprint density at radius 2 is 1.89 bits per heavy atom. The van der Waals surface area contributed by atoms with Gasteiger partial charge in [0.15, 0.2) is 0 Å². The highest BCUT2D eigenvalue weighted by Gasteiger charge is 2.36. The van der Waals surface area contributed by atoms with Gasteiger partial charge in [-0.05, 0) is 20.3 Å². The van der Waals surface area contributed by atoms with Crippen molar-refractivity contribution in [3.05, 3.63) is 11.1 Å². The first-order chi connectivity index (χ1) is 8.79. The Bertz CT molecular complexity index is 481. The molecule has 1 aliphatic rings. The Labute approximate surface area is 110 Å². The Morgan fingerprint density at radius 3 is 2.37 bits per heavy atom. The van der Waals surface area contributed by atoms with Gasteiger partial charge in [0.05, 0.1) is 0 Å². The molecule has 1 saturated heterocycles. The summed E-state index contributed by atoms with van der Waals surface area (Å²) in [5.74, 6) is -2.90. The van der Waals surface area contributed by atoms with Crippen LogP contribution in [0, 0.1) is 0 Å². The van der Waals surface area contributed by atoms with Gasteiger partial charge in [-0.1, -0.05) is 6.92 Å². The van der Waals surface area contributed by atoms with Crippen LogP contribution >= 0.6 is 0 Å². The first kappa shape index (κ1) is 14.9. The molecule has 7 nitrogen and oxygen atoms in total. The molecule has 0 aromatic rings. The largest absolute Gasteiger partial charge is 0.478 e. The number of carbonyl (C=O) groups is 4. The van der Waals surface area contributed by atoms with Crippen molar-refractivity contribution in [3.8, 4) is 0 Å². The quantitative estimate of drug-likeness (QED) is 0.539. The van der Waals surface area contributed by atoms with Crippen LogP contribution in [0.3, 0.4) is 0 Å². The molecule has 7 heteroatoms. The predicted molar refractivity (Wildman–Crippen MR) is 65.0 cm³/mol. The molecule has 0 aromatic heterocycles. The molecule has 3 amide bonds. The summed E-state index contributed by atoms with van der Waals surface area (Å²) in [6.45, 7) is 4.15. The second kappa shape index (κ2) is 5.64. The number of carbonyl (C=O) groups excluding carboxylic acids is 3. The highest BCUT2D eigenvalue weighted by molar-refractivity contribution is 6.08. The average Bonchev–Trinajstić information content (AvgIpc) is 2.35. The minimum Gasteiger partial charge on any atom is -0.478 e. The molecular weight excluding hydrogens is 252 g/mol. The molecule has 1 fully saturated rings. The fourth-order valence-electron chi connectivity index (χ4n) is 1.82. The van der Waals surface area contributed by atoms with E-state index >= 15 is 0 Å². The Balaban J connectivity index is 3.09. The summed E-state index contributed by atoms with van der Waals surface area (Å²) in [6, 6.07) is -0.748. The van der Waals surface area contributed by atoms with Crippen LogP contribution < -0.4 is 5.32 Å². The summed E-state index contributed by atoms with van der Waals surface area (Å²) < 4.78 is 0. The summed E-state index contributed by atoms with van der Waals surface area (Å²) in [6.07, 6.45) is 0.351. The van der Waals surface area contributed by atoms with Gasteiger partial charge in [0.25, 0.3) is 5.91 Å². The van der Waals surface area contributed by atoms with E-state index in [1.807, 2.05) is 0 Å². The second-order valence-corrected chi connectivity index (χ2v) is 4.32. The third-order valence-corrected chi connectivity index (χ3v) is 3.11. The van der Waals surface area contributed by atoms with Crippen molar-refractivity contribution in [3.63, 3.8) is 0 Å². The molecule has 1 rings (SSSR count). The van der Waals surface area contributed by atoms with Crippen LogP contribution in [0.5, 0.6) is 0 Å². The molecule has 19 heavy (non-hydrogen) atoms. The number of nitrogens with zero attached hydrogens (tertiary/aromatic N) is 1. The number of carboxylic acid groups (broad SMARTS) is 1. The lowest BCUT2D eigenvalue weighted by molar-refractivity contribution is -0.148. The third-order valence-electron chi connectivity index (χ3n) is 3.11. The van der Waals surface area contributed by atoms with E-state index in [1.165, 1.54) is 13.8 Å². The SMILES string of the molecule is CCC1C(=O)NC(=O)CN1C(=O)C(C)=C(C)C(=O)O. The van der Waals surface area contributed by atoms with Crippen LogP contribution in [0.4, 0.5) is 0 Å². The number of rotatable bonds is 3. The van der Waals surface area contributed by atoms with Gasteiger partial charge >= 0.3 is 5.97 Å². The van der Waals surface area contributed by atoms with Gasteiger partial charge < -0.3 is 10.0 Å². The van der Waals surface area contributed by atoms with Crippen molar-refractivity contribution in [2.24, 2.45) is 0 Å². The van der Waals surface area contributed by atoms with Crippen molar-refractivity contribution in [2.75, 3.05) is 6.54 Å². The van der Waals surface area contributed by atoms with E-state index < -0.39 is 29.7 Å². The molecule has 0 bridgehead atoms. The Hall–Kier alpha value is -2.18. The third kappa shape index (κ3) is 2.98. The number of piperazine rings is 1. The first-order valence-corrected chi connectivity index (χ1v) is 5.85. The average molecular weight is 268 g/mol. The lowest BCUT2D eigenvalue weighted by Crippen LogP contribution is -2.59. The van der Waals surface area contributed by atoms with E-state index in [1.54, 1.807) is 6.92 Å². The molecule has 1 aliphatic heterocycles. The molecule has 0 aliphatic carbocycles. The normalized spacial score (nSPS) is 20.8. The fourth-order valence-corrected chi connectivity index (χ4v) is 1.82. The molecule has 0 saturated carbocycles. The van der Waals surface area contributed by atoms with Gasteiger partial charge in [-0.3, -0.25) is 19.7 Å². The number of hydrogen-bond donors (Lipinski definition) is 2. The summed E-state index contributed by atoms with van der Waals surface area (Å²) in [5, 5.41) is 11.0. The zero-order chi connectivity index (χ0) is 14.7. The van der Waals surface area contributed by atoms with E-state index in [0.717, 1.165) is 4.90 Å². The fraction of sp³-hybridized carbons (Fsp3) is 0.500. The zero-order valence-electron chi connectivity index (χ0n) is 11.0. The minimum absolute atomic E-state index is 0.0217. The number of aliphatic carboxylic acids is 1. The van der Waals surface area contributed by atoms with Crippen molar-refractivity contribution in [2.45, 2.75) is 33.2 Å². The second-order valence-electron chi connectivity index (χ2n) is 4.32. The molecule has 1 atom stereocenters.